The quantitative estimate of drug-likeness (QED) is 0.513. The molecule has 0 bridgehead atoms. The van der Waals surface area contributed by atoms with E-state index in [2.05, 4.69) is 37.6 Å². The minimum atomic E-state index is 0.335. The number of anilines is 1. The Labute approximate surface area is 175 Å². The number of aromatic nitrogens is 1. The van der Waals surface area contributed by atoms with E-state index in [1.165, 1.54) is 0 Å². The van der Waals surface area contributed by atoms with Crippen LogP contribution < -0.4 is 10.2 Å². The minimum Gasteiger partial charge on any atom is -0.506 e. The first kappa shape index (κ1) is 19.3. The molecule has 3 aromatic rings. The van der Waals surface area contributed by atoms with Crippen LogP contribution in [0.2, 0.25) is 0 Å². The fourth-order valence-corrected chi connectivity index (χ4v) is 4.25. The number of para-hydroxylation sites is 2. The van der Waals surface area contributed by atoms with Crippen LogP contribution in [0.15, 0.2) is 65.0 Å². The van der Waals surface area contributed by atoms with Gasteiger partial charge in [0, 0.05) is 44.2 Å². The van der Waals surface area contributed by atoms with E-state index < -0.39 is 0 Å². The molecule has 0 atom stereocenters. The lowest BCUT2D eigenvalue weighted by Crippen LogP contribution is -2.52. The number of hydrogen-bond donors (Lipinski definition) is 2. The number of phenols is 1. The van der Waals surface area contributed by atoms with Crippen molar-refractivity contribution in [2.24, 2.45) is 4.99 Å². The van der Waals surface area contributed by atoms with E-state index in [1.54, 1.807) is 17.4 Å². The third-order valence-electron chi connectivity index (χ3n) is 5.03. The van der Waals surface area contributed by atoms with Crippen LogP contribution in [0.3, 0.4) is 0 Å². The molecule has 0 unspecified atom stereocenters. The first-order valence-corrected chi connectivity index (χ1v) is 10.6. The second-order valence-corrected chi connectivity index (χ2v) is 7.80. The van der Waals surface area contributed by atoms with Crippen LogP contribution in [-0.2, 0) is 6.54 Å². The fourth-order valence-electron chi connectivity index (χ4n) is 3.51. The normalized spacial score (nSPS) is 14.9. The highest BCUT2D eigenvalue weighted by molar-refractivity contribution is 7.09. The Kier molecular flexibility index (Phi) is 5.95. The predicted octanol–water partition coefficient (Wildman–Crippen LogP) is 3.41. The van der Waals surface area contributed by atoms with Crippen molar-refractivity contribution in [1.29, 1.82) is 0 Å². The SMILES string of the molecule is CN=C(NCc1nc(-c2ccccc2)cs1)N1CCN(c2ccccc2O)CC1. The van der Waals surface area contributed by atoms with Crippen LogP contribution in [0, 0.1) is 0 Å². The van der Waals surface area contributed by atoms with Crippen LogP contribution >= 0.6 is 11.3 Å². The van der Waals surface area contributed by atoms with Crippen molar-refractivity contribution in [2.75, 3.05) is 38.1 Å². The molecule has 0 spiro atoms. The highest BCUT2D eigenvalue weighted by Gasteiger charge is 2.21. The summed E-state index contributed by atoms with van der Waals surface area (Å²) in [5.41, 5.74) is 3.05. The summed E-state index contributed by atoms with van der Waals surface area (Å²) >= 11 is 1.66. The van der Waals surface area contributed by atoms with Gasteiger partial charge in [-0.05, 0) is 12.1 Å². The largest absolute Gasteiger partial charge is 0.506 e. The summed E-state index contributed by atoms with van der Waals surface area (Å²) in [6, 6.07) is 17.7. The molecule has 1 saturated heterocycles. The van der Waals surface area contributed by atoms with Gasteiger partial charge in [0.25, 0.3) is 0 Å². The number of guanidine groups is 1. The average molecular weight is 408 g/mol. The van der Waals surface area contributed by atoms with Gasteiger partial charge in [-0.2, -0.15) is 0 Å². The minimum absolute atomic E-state index is 0.335. The molecule has 29 heavy (non-hydrogen) atoms. The molecule has 2 N–H and O–H groups in total. The highest BCUT2D eigenvalue weighted by Crippen LogP contribution is 2.27. The van der Waals surface area contributed by atoms with Crippen molar-refractivity contribution in [2.45, 2.75) is 6.54 Å². The molecule has 1 aromatic heterocycles. The van der Waals surface area contributed by atoms with Gasteiger partial charge in [-0.1, -0.05) is 42.5 Å². The summed E-state index contributed by atoms with van der Waals surface area (Å²) in [6.45, 7) is 4.04. The summed E-state index contributed by atoms with van der Waals surface area (Å²) in [4.78, 5) is 13.7. The molecule has 7 heteroatoms. The predicted molar refractivity (Wildman–Crippen MR) is 120 cm³/mol. The molecular formula is C22H25N5OS. The number of nitrogens with one attached hydrogen (secondary N) is 1. The standard InChI is InChI=1S/C22H25N5OS/c1-23-22(24-15-21-25-18(16-29-21)17-7-3-2-4-8-17)27-13-11-26(12-14-27)19-9-5-6-10-20(19)28/h2-10,16,28H,11-15H2,1H3,(H,23,24). The number of nitrogens with zero attached hydrogens (tertiary/aromatic N) is 4. The van der Waals surface area contributed by atoms with Gasteiger partial charge in [0.2, 0.25) is 0 Å². The van der Waals surface area contributed by atoms with Crippen LogP contribution in [0.5, 0.6) is 5.75 Å². The van der Waals surface area contributed by atoms with E-state index in [0.29, 0.717) is 12.3 Å². The third kappa shape index (κ3) is 4.51. The fraction of sp³-hybridized carbons (Fsp3) is 0.273. The number of rotatable bonds is 4. The van der Waals surface area contributed by atoms with Crippen molar-refractivity contribution in [3.05, 3.63) is 65.0 Å². The van der Waals surface area contributed by atoms with E-state index in [1.807, 2.05) is 43.4 Å². The van der Waals surface area contributed by atoms with E-state index in [4.69, 9.17) is 4.98 Å². The third-order valence-corrected chi connectivity index (χ3v) is 5.88. The molecule has 0 saturated carbocycles. The molecule has 6 nitrogen and oxygen atoms in total. The number of benzene rings is 2. The monoisotopic (exact) mass is 407 g/mol. The van der Waals surface area contributed by atoms with Gasteiger partial charge in [0.05, 0.1) is 17.9 Å². The molecule has 2 aromatic carbocycles. The summed E-state index contributed by atoms with van der Waals surface area (Å²) in [7, 11) is 1.81. The Balaban J connectivity index is 1.33. The number of phenolic OH excluding ortho intramolecular Hbond substituents is 1. The first-order chi connectivity index (χ1) is 14.2. The zero-order valence-electron chi connectivity index (χ0n) is 16.5. The number of thiazole rings is 1. The average Bonchev–Trinajstić information content (AvgIpc) is 3.25. The Morgan fingerprint density at radius 1 is 1.07 bits per heavy atom. The lowest BCUT2D eigenvalue weighted by molar-refractivity contribution is 0.369. The van der Waals surface area contributed by atoms with Crippen molar-refractivity contribution >= 4 is 23.0 Å². The maximum Gasteiger partial charge on any atom is 0.194 e. The van der Waals surface area contributed by atoms with Crippen LogP contribution in [-0.4, -0.2) is 54.2 Å². The van der Waals surface area contributed by atoms with E-state index >= 15 is 0 Å². The van der Waals surface area contributed by atoms with Gasteiger partial charge in [-0.3, -0.25) is 4.99 Å². The zero-order valence-corrected chi connectivity index (χ0v) is 17.3. The van der Waals surface area contributed by atoms with Crippen molar-refractivity contribution in [1.82, 2.24) is 15.2 Å². The summed E-state index contributed by atoms with van der Waals surface area (Å²) < 4.78 is 0. The second-order valence-electron chi connectivity index (χ2n) is 6.86. The lowest BCUT2D eigenvalue weighted by atomic mass is 10.2. The molecule has 2 heterocycles. The lowest BCUT2D eigenvalue weighted by Gasteiger charge is -2.37. The second kappa shape index (κ2) is 8.96. The van der Waals surface area contributed by atoms with Gasteiger partial charge in [0.1, 0.15) is 10.8 Å². The van der Waals surface area contributed by atoms with Gasteiger partial charge in [-0.25, -0.2) is 4.98 Å². The number of aliphatic imine (C=N–C) groups is 1. The van der Waals surface area contributed by atoms with Gasteiger partial charge >= 0.3 is 0 Å². The van der Waals surface area contributed by atoms with Crippen molar-refractivity contribution < 1.29 is 5.11 Å². The Morgan fingerprint density at radius 3 is 2.52 bits per heavy atom. The molecular weight excluding hydrogens is 382 g/mol. The molecule has 1 aliphatic heterocycles. The van der Waals surface area contributed by atoms with Gasteiger partial charge < -0.3 is 20.2 Å². The molecule has 0 radical (unpaired) electrons. The molecule has 0 amide bonds. The topological polar surface area (TPSA) is 64.0 Å². The van der Waals surface area contributed by atoms with E-state index in [9.17, 15) is 5.11 Å². The molecule has 0 aliphatic carbocycles. The summed E-state index contributed by atoms with van der Waals surface area (Å²) in [5.74, 6) is 1.22. The molecule has 1 aliphatic rings. The Hall–Kier alpha value is -3.06. The molecule has 150 valence electrons. The maximum atomic E-state index is 10.1. The summed E-state index contributed by atoms with van der Waals surface area (Å²) in [5, 5.41) is 16.7. The number of piperazine rings is 1. The van der Waals surface area contributed by atoms with Gasteiger partial charge in [-0.15, -0.1) is 11.3 Å². The van der Waals surface area contributed by atoms with Gasteiger partial charge in [0.15, 0.2) is 5.96 Å². The van der Waals surface area contributed by atoms with E-state index in [0.717, 1.165) is 54.1 Å². The van der Waals surface area contributed by atoms with Crippen molar-refractivity contribution in [3.63, 3.8) is 0 Å². The number of hydrogen-bond acceptors (Lipinski definition) is 5. The van der Waals surface area contributed by atoms with Crippen LogP contribution in [0.1, 0.15) is 5.01 Å². The maximum absolute atomic E-state index is 10.1. The zero-order chi connectivity index (χ0) is 20.1. The van der Waals surface area contributed by atoms with E-state index in [-0.39, 0.29) is 0 Å². The molecule has 4 rings (SSSR count). The summed E-state index contributed by atoms with van der Waals surface area (Å²) in [6.07, 6.45) is 0. The highest BCUT2D eigenvalue weighted by atomic mass is 32.1. The van der Waals surface area contributed by atoms with Crippen molar-refractivity contribution in [3.8, 4) is 17.0 Å². The Bertz CT molecular complexity index is 964. The van der Waals surface area contributed by atoms with Crippen LogP contribution in [0.4, 0.5) is 5.69 Å². The molecule has 1 fully saturated rings. The smallest absolute Gasteiger partial charge is 0.194 e. The Morgan fingerprint density at radius 2 is 1.79 bits per heavy atom. The first-order valence-electron chi connectivity index (χ1n) is 9.73. The number of aromatic hydroxyl groups is 1. The van der Waals surface area contributed by atoms with Crippen LogP contribution in [0.25, 0.3) is 11.3 Å².